The van der Waals surface area contributed by atoms with Crippen LogP contribution in [0.3, 0.4) is 0 Å². The number of oxime groups is 1. The van der Waals surface area contributed by atoms with Gasteiger partial charge in [-0.25, -0.2) is 0 Å². The first-order valence-corrected chi connectivity index (χ1v) is 12.0. The zero-order chi connectivity index (χ0) is 28.7. The Morgan fingerprint density at radius 3 is 2.32 bits per heavy atom. The van der Waals surface area contributed by atoms with Crippen LogP contribution in [-0.4, -0.2) is 48.6 Å². The highest BCUT2D eigenvalue weighted by Crippen LogP contribution is 2.51. The minimum atomic E-state index is -4.73. The van der Waals surface area contributed by atoms with E-state index in [9.17, 15) is 35.9 Å². The molecule has 3 rings (SSSR count). The van der Waals surface area contributed by atoms with Crippen molar-refractivity contribution < 1.29 is 40.8 Å². The van der Waals surface area contributed by atoms with Crippen molar-refractivity contribution in [2.45, 2.75) is 65.4 Å². The number of hydrogen-bond acceptors (Lipinski definition) is 4. The Morgan fingerprint density at radius 2 is 1.76 bits per heavy atom. The lowest BCUT2D eigenvalue weighted by molar-refractivity contribution is -0.254. The van der Waals surface area contributed by atoms with Crippen molar-refractivity contribution in [2.24, 2.45) is 21.9 Å². The lowest BCUT2D eigenvalue weighted by atomic mass is 9.70. The Labute approximate surface area is 216 Å². The van der Waals surface area contributed by atoms with Crippen LogP contribution in [0.1, 0.15) is 47.5 Å². The Morgan fingerprint density at radius 1 is 1.11 bits per heavy atom. The van der Waals surface area contributed by atoms with E-state index in [0.717, 1.165) is 0 Å². The Hall–Kier alpha value is -3.05. The Bertz CT molecular complexity index is 1150. The largest absolute Gasteiger partial charge is 0.435 e. The summed E-state index contributed by atoms with van der Waals surface area (Å²) in [6.07, 6.45) is -1.73. The third-order valence-corrected chi connectivity index (χ3v) is 7.07. The number of amides is 2. The van der Waals surface area contributed by atoms with Gasteiger partial charge in [-0.15, -0.1) is 0 Å². The van der Waals surface area contributed by atoms with Gasteiger partial charge in [-0.3, -0.25) is 9.59 Å². The molecule has 1 aliphatic heterocycles. The fourth-order valence-electron chi connectivity index (χ4n) is 4.88. The van der Waals surface area contributed by atoms with E-state index in [1.54, 1.807) is 32.2 Å². The molecule has 12 heteroatoms. The minimum absolute atomic E-state index is 0.0883. The first-order valence-electron chi connectivity index (χ1n) is 12.0. The van der Waals surface area contributed by atoms with Gasteiger partial charge in [0, 0.05) is 6.42 Å². The summed E-state index contributed by atoms with van der Waals surface area (Å²) in [4.78, 5) is 29.6. The summed E-state index contributed by atoms with van der Waals surface area (Å²) in [5.41, 5.74) is -3.03. The topological polar surface area (TPSA) is 79.8 Å². The smallest absolute Gasteiger partial charge is 0.374 e. The number of alkyl halides is 6. The molecule has 6 nitrogen and oxygen atoms in total. The average molecular weight is 548 g/mol. The van der Waals surface area contributed by atoms with Crippen molar-refractivity contribution in [1.29, 1.82) is 0 Å². The lowest BCUT2D eigenvalue weighted by Crippen LogP contribution is -2.48. The van der Waals surface area contributed by atoms with Gasteiger partial charge in [-0.2, -0.15) is 26.3 Å². The van der Waals surface area contributed by atoms with E-state index >= 15 is 0 Å². The number of nitrogens with zero attached hydrogens (tertiary/aromatic N) is 1. The van der Waals surface area contributed by atoms with Gasteiger partial charge in [0.15, 0.2) is 0 Å². The van der Waals surface area contributed by atoms with Gasteiger partial charge >= 0.3 is 12.4 Å². The van der Waals surface area contributed by atoms with Gasteiger partial charge in [-0.05, 0) is 42.7 Å². The molecule has 0 aromatic heterocycles. The third-order valence-electron chi connectivity index (χ3n) is 7.07. The summed E-state index contributed by atoms with van der Waals surface area (Å²) in [5, 5.41) is 7.81. The number of rotatable bonds is 6. The number of hydrogen-bond donors (Lipinski definition) is 2. The summed E-state index contributed by atoms with van der Waals surface area (Å²) < 4.78 is 80.1. The van der Waals surface area contributed by atoms with Crippen LogP contribution in [0, 0.1) is 16.7 Å². The van der Waals surface area contributed by atoms with E-state index in [1.165, 1.54) is 18.2 Å². The fraction of sp³-hybridized carbons (Fsp3) is 0.577. The predicted molar refractivity (Wildman–Crippen MR) is 129 cm³/mol. The molecule has 210 valence electrons. The molecule has 0 radical (unpaired) electrons. The number of nitrogens with one attached hydrogen (secondary N) is 2. The van der Waals surface area contributed by atoms with E-state index in [0.29, 0.717) is 11.1 Å². The number of carbonyl (C=O) groups excluding carboxylic acids is 2. The van der Waals surface area contributed by atoms with Crippen LogP contribution in [-0.2, 0) is 14.4 Å². The molecule has 2 amide bonds. The molecule has 38 heavy (non-hydrogen) atoms. The molecule has 0 fully saturated rings. The summed E-state index contributed by atoms with van der Waals surface area (Å²) >= 11 is 0. The van der Waals surface area contributed by atoms with Crippen LogP contribution in [0.25, 0.3) is 0 Å². The second-order valence-corrected chi connectivity index (χ2v) is 11.0. The number of halogens is 6. The average Bonchev–Trinajstić information content (AvgIpc) is 3.23. The van der Waals surface area contributed by atoms with E-state index in [2.05, 4.69) is 10.5 Å². The first kappa shape index (κ1) is 29.5. The SMILES string of the molecule is CC1=CC(C)(C)CC(C2(C(F)(F)F)CC(C3=CC(C)C(C)(C(=O)NCC(=O)NCC(F)(F)F)C=C3)=NO2)=C1. The number of allylic oxidation sites excluding steroid dienone is 6. The van der Waals surface area contributed by atoms with Crippen LogP contribution in [0.2, 0.25) is 0 Å². The Balaban J connectivity index is 1.73. The highest BCUT2D eigenvalue weighted by Gasteiger charge is 2.64. The molecule has 3 unspecified atom stereocenters. The number of carbonyl (C=O) groups is 2. The molecule has 2 aliphatic carbocycles. The molecule has 0 aromatic carbocycles. The van der Waals surface area contributed by atoms with Crippen LogP contribution in [0.5, 0.6) is 0 Å². The van der Waals surface area contributed by atoms with Crippen LogP contribution >= 0.6 is 0 Å². The zero-order valence-corrected chi connectivity index (χ0v) is 21.7. The quantitative estimate of drug-likeness (QED) is 0.443. The first-order chi connectivity index (χ1) is 17.3. The fourth-order valence-corrected chi connectivity index (χ4v) is 4.88. The summed E-state index contributed by atoms with van der Waals surface area (Å²) in [6, 6.07) is 0. The summed E-state index contributed by atoms with van der Waals surface area (Å²) in [6.45, 7) is 6.49. The standard InChI is InChI=1S/C26H31F6N3O3/c1-15-8-18(11-22(3,4)10-15)24(26(30,31)32)12-19(35-38-24)17-6-7-23(5,16(2)9-17)21(37)33-13-20(36)34-14-25(27,28)29/h6-10,16H,11-14H2,1-5H3,(H,33,37)(H,34,36). The van der Waals surface area contributed by atoms with Crippen LogP contribution in [0.15, 0.2) is 52.3 Å². The molecule has 0 saturated carbocycles. The predicted octanol–water partition coefficient (Wildman–Crippen LogP) is 5.30. The van der Waals surface area contributed by atoms with E-state index in [4.69, 9.17) is 4.84 Å². The molecule has 3 atom stereocenters. The zero-order valence-electron chi connectivity index (χ0n) is 21.7. The molecular formula is C26H31F6N3O3. The minimum Gasteiger partial charge on any atom is -0.374 e. The van der Waals surface area contributed by atoms with Gasteiger partial charge in [0.25, 0.3) is 5.60 Å². The van der Waals surface area contributed by atoms with Gasteiger partial charge < -0.3 is 15.5 Å². The van der Waals surface area contributed by atoms with Crippen molar-refractivity contribution >= 4 is 17.5 Å². The molecule has 3 aliphatic rings. The highest BCUT2D eigenvalue weighted by molar-refractivity contribution is 6.05. The molecule has 0 aromatic rings. The lowest BCUT2D eigenvalue weighted by Gasteiger charge is -2.37. The molecule has 0 saturated heterocycles. The van der Waals surface area contributed by atoms with Crippen LogP contribution in [0.4, 0.5) is 26.3 Å². The van der Waals surface area contributed by atoms with Crippen molar-refractivity contribution in [3.05, 3.63) is 47.1 Å². The summed E-state index contributed by atoms with van der Waals surface area (Å²) in [5.74, 6) is -2.17. The molecule has 1 heterocycles. The second-order valence-electron chi connectivity index (χ2n) is 11.0. The summed E-state index contributed by atoms with van der Waals surface area (Å²) in [7, 11) is 0. The Kier molecular flexibility index (Phi) is 7.70. The monoisotopic (exact) mass is 547 g/mol. The third kappa shape index (κ3) is 6.15. The molecule has 0 bridgehead atoms. The van der Waals surface area contributed by atoms with Crippen molar-refractivity contribution in [1.82, 2.24) is 10.6 Å². The molecule has 0 spiro atoms. The molecular weight excluding hydrogens is 516 g/mol. The van der Waals surface area contributed by atoms with Gasteiger partial charge in [0.2, 0.25) is 11.8 Å². The van der Waals surface area contributed by atoms with Gasteiger partial charge in [0.1, 0.15) is 6.54 Å². The van der Waals surface area contributed by atoms with Crippen LogP contribution < -0.4 is 10.6 Å². The van der Waals surface area contributed by atoms with Gasteiger partial charge in [0.05, 0.1) is 17.7 Å². The highest BCUT2D eigenvalue weighted by atomic mass is 19.4. The van der Waals surface area contributed by atoms with E-state index in [-0.39, 0.29) is 17.7 Å². The maximum atomic E-state index is 14.5. The van der Waals surface area contributed by atoms with E-state index in [1.807, 2.05) is 19.9 Å². The van der Waals surface area contributed by atoms with Gasteiger partial charge in [-0.1, -0.05) is 61.9 Å². The van der Waals surface area contributed by atoms with Crippen molar-refractivity contribution in [2.75, 3.05) is 13.1 Å². The second kappa shape index (κ2) is 9.92. The molecule has 2 N–H and O–H groups in total. The maximum Gasteiger partial charge on any atom is 0.435 e. The normalized spacial score (nSPS) is 29.0. The van der Waals surface area contributed by atoms with Crippen molar-refractivity contribution in [3.63, 3.8) is 0 Å². The van der Waals surface area contributed by atoms with E-state index < -0.39 is 66.0 Å². The maximum absolute atomic E-state index is 14.5. The van der Waals surface area contributed by atoms with Crippen molar-refractivity contribution in [3.8, 4) is 0 Å².